The lowest BCUT2D eigenvalue weighted by Gasteiger charge is -1.99. The number of aromatic nitrogens is 2. The van der Waals surface area contributed by atoms with Crippen molar-refractivity contribution in [2.24, 2.45) is 0 Å². The molecule has 4 heteroatoms. The van der Waals surface area contributed by atoms with E-state index >= 15 is 0 Å². The molecule has 0 fully saturated rings. The van der Waals surface area contributed by atoms with Gasteiger partial charge < -0.3 is 4.98 Å². The third kappa shape index (κ3) is 1.86. The van der Waals surface area contributed by atoms with Crippen molar-refractivity contribution in [3.05, 3.63) is 65.5 Å². The standard InChI is InChI=1S/C14H10F2N2/c15-10-5-2-1-4-9(10)8-13-17-12-7-3-6-11(16)14(12)18-13/h1-7H,8H2,(H,17,18). The summed E-state index contributed by atoms with van der Waals surface area (Å²) in [6.07, 6.45) is 0.320. The van der Waals surface area contributed by atoms with Gasteiger partial charge in [-0.3, -0.25) is 0 Å². The number of benzene rings is 2. The molecule has 1 aromatic heterocycles. The van der Waals surface area contributed by atoms with Gasteiger partial charge in [0.1, 0.15) is 17.2 Å². The number of fused-ring (bicyclic) bond motifs is 1. The Morgan fingerprint density at radius 2 is 1.72 bits per heavy atom. The number of rotatable bonds is 2. The van der Waals surface area contributed by atoms with Gasteiger partial charge in [-0.1, -0.05) is 24.3 Å². The lowest BCUT2D eigenvalue weighted by Crippen LogP contribution is -1.93. The molecule has 1 N–H and O–H groups in total. The Morgan fingerprint density at radius 1 is 0.944 bits per heavy atom. The molecule has 0 aliphatic rings. The summed E-state index contributed by atoms with van der Waals surface area (Å²) in [5, 5.41) is 0. The van der Waals surface area contributed by atoms with E-state index in [9.17, 15) is 8.78 Å². The van der Waals surface area contributed by atoms with Gasteiger partial charge in [0.2, 0.25) is 0 Å². The van der Waals surface area contributed by atoms with Crippen LogP contribution in [0.15, 0.2) is 42.5 Å². The van der Waals surface area contributed by atoms with Crippen LogP contribution < -0.4 is 0 Å². The van der Waals surface area contributed by atoms with Gasteiger partial charge >= 0.3 is 0 Å². The van der Waals surface area contributed by atoms with E-state index in [1.54, 1.807) is 30.3 Å². The van der Waals surface area contributed by atoms with Crippen LogP contribution in [0.25, 0.3) is 11.0 Å². The molecular weight excluding hydrogens is 234 g/mol. The van der Waals surface area contributed by atoms with Crippen LogP contribution in [0.2, 0.25) is 0 Å². The number of H-pyrrole nitrogens is 1. The topological polar surface area (TPSA) is 28.7 Å². The fourth-order valence-electron chi connectivity index (χ4n) is 1.95. The van der Waals surface area contributed by atoms with Gasteiger partial charge in [0.25, 0.3) is 0 Å². The fraction of sp³-hybridized carbons (Fsp3) is 0.0714. The summed E-state index contributed by atoms with van der Waals surface area (Å²) in [5.41, 5.74) is 1.46. The average molecular weight is 244 g/mol. The Kier molecular flexibility index (Phi) is 2.55. The minimum absolute atomic E-state index is 0.279. The Hall–Kier alpha value is -2.23. The number of hydrogen-bond donors (Lipinski definition) is 1. The number of nitrogens with one attached hydrogen (secondary N) is 1. The van der Waals surface area contributed by atoms with Crippen molar-refractivity contribution in [3.8, 4) is 0 Å². The van der Waals surface area contributed by atoms with Gasteiger partial charge in [-0.15, -0.1) is 0 Å². The zero-order valence-corrected chi connectivity index (χ0v) is 9.45. The Morgan fingerprint density at radius 3 is 2.50 bits per heavy atom. The van der Waals surface area contributed by atoms with Crippen molar-refractivity contribution in [1.82, 2.24) is 9.97 Å². The molecule has 0 unspecified atom stereocenters. The van der Waals surface area contributed by atoms with Crippen LogP contribution in [0, 0.1) is 11.6 Å². The van der Waals surface area contributed by atoms with Gasteiger partial charge in [0, 0.05) is 6.42 Å². The van der Waals surface area contributed by atoms with Gasteiger partial charge in [0.05, 0.1) is 5.52 Å². The van der Waals surface area contributed by atoms with E-state index in [0.717, 1.165) is 0 Å². The fourth-order valence-corrected chi connectivity index (χ4v) is 1.95. The maximum absolute atomic E-state index is 13.5. The molecule has 2 nitrogen and oxygen atoms in total. The molecule has 0 saturated heterocycles. The normalized spacial score (nSPS) is 11.0. The number of imidazole rings is 1. The molecule has 1 heterocycles. The molecule has 0 spiro atoms. The second-order valence-electron chi connectivity index (χ2n) is 4.09. The molecule has 0 atom stereocenters. The van der Waals surface area contributed by atoms with E-state index < -0.39 is 0 Å². The van der Waals surface area contributed by atoms with Crippen LogP contribution in [0.3, 0.4) is 0 Å². The first-order valence-electron chi connectivity index (χ1n) is 5.60. The van der Waals surface area contributed by atoms with Gasteiger partial charge in [-0.25, -0.2) is 13.8 Å². The minimum atomic E-state index is -0.372. The van der Waals surface area contributed by atoms with Gasteiger partial charge in [-0.05, 0) is 23.8 Å². The number of halogens is 2. The molecule has 2 aromatic carbocycles. The monoisotopic (exact) mass is 244 g/mol. The highest BCUT2D eigenvalue weighted by atomic mass is 19.1. The molecule has 3 rings (SSSR count). The smallest absolute Gasteiger partial charge is 0.151 e. The van der Waals surface area contributed by atoms with Crippen molar-refractivity contribution >= 4 is 11.0 Å². The summed E-state index contributed by atoms with van der Waals surface area (Å²) < 4.78 is 27.0. The van der Waals surface area contributed by atoms with Gasteiger partial charge in [0.15, 0.2) is 5.82 Å². The van der Waals surface area contributed by atoms with Crippen molar-refractivity contribution < 1.29 is 8.78 Å². The second kappa shape index (κ2) is 4.22. The molecular formula is C14H10F2N2. The number of para-hydroxylation sites is 1. The van der Waals surface area contributed by atoms with Crippen molar-refractivity contribution in [3.63, 3.8) is 0 Å². The highest BCUT2D eigenvalue weighted by Gasteiger charge is 2.09. The van der Waals surface area contributed by atoms with Crippen molar-refractivity contribution in [1.29, 1.82) is 0 Å². The van der Waals surface area contributed by atoms with Crippen molar-refractivity contribution in [2.75, 3.05) is 0 Å². The molecule has 0 aliphatic carbocycles. The SMILES string of the molecule is Fc1ccccc1Cc1nc2c(F)cccc2[nH]1. The third-order valence-electron chi connectivity index (χ3n) is 2.83. The summed E-state index contributed by atoms with van der Waals surface area (Å²) >= 11 is 0. The first kappa shape index (κ1) is 10.9. The van der Waals surface area contributed by atoms with Crippen LogP contribution in [-0.4, -0.2) is 9.97 Å². The van der Waals surface area contributed by atoms with Crippen molar-refractivity contribution in [2.45, 2.75) is 6.42 Å². The summed E-state index contributed by atoms with van der Waals surface area (Å²) in [4.78, 5) is 7.15. The zero-order chi connectivity index (χ0) is 12.5. The summed E-state index contributed by atoms with van der Waals surface area (Å²) in [6, 6.07) is 11.2. The maximum Gasteiger partial charge on any atom is 0.151 e. The minimum Gasteiger partial charge on any atom is -0.342 e. The predicted octanol–water partition coefficient (Wildman–Crippen LogP) is 3.43. The highest BCUT2D eigenvalue weighted by molar-refractivity contribution is 5.75. The van der Waals surface area contributed by atoms with E-state index in [0.29, 0.717) is 28.8 Å². The zero-order valence-electron chi connectivity index (χ0n) is 9.45. The first-order valence-corrected chi connectivity index (χ1v) is 5.60. The Balaban J connectivity index is 2.01. The summed E-state index contributed by atoms with van der Waals surface area (Å²) in [7, 11) is 0. The van der Waals surface area contributed by atoms with E-state index in [1.165, 1.54) is 12.1 Å². The molecule has 3 aromatic rings. The lowest BCUT2D eigenvalue weighted by atomic mass is 10.1. The maximum atomic E-state index is 13.5. The van der Waals surface area contributed by atoms with Crippen LogP contribution in [0.1, 0.15) is 11.4 Å². The average Bonchev–Trinajstić information content (AvgIpc) is 2.76. The Labute approximate surface area is 102 Å². The highest BCUT2D eigenvalue weighted by Crippen LogP contribution is 2.17. The predicted molar refractivity (Wildman–Crippen MR) is 65.3 cm³/mol. The second-order valence-corrected chi connectivity index (χ2v) is 4.09. The van der Waals surface area contributed by atoms with E-state index in [2.05, 4.69) is 9.97 Å². The summed E-state index contributed by atoms with van der Waals surface area (Å²) in [6.45, 7) is 0. The van der Waals surface area contributed by atoms with E-state index in [-0.39, 0.29) is 11.6 Å². The van der Waals surface area contributed by atoms with E-state index in [4.69, 9.17) is 0 Å². The van der Waals surface area contributed by atoms with Crippen LogP contribution in [-0.2, 0) is 6.42 Å². The third-order valence-corrected chi connectivity index (χ3v) is 2.83. The molecule has 0 bridgehead atoms. The molecule has 0 radical (unpaired) electrons. The summed E-state index contributed by atoms with van der Waals surface area (Å²) in [5.74, 6) is -0.0952. The number of aromatic amines is 1. The van der Waals surface area contributed by atoms with Crippen LogP contribution in [0.4, 0.5) is 8.78 Å². The Bertz CT molecular complexity index is 704. The number of hydrogen-bond acceptors (Lipinski definition) is 1. The largest absolute Gasteiger partial charge is 0.342 e. The lowest BCUT2D eigenvalue weighted by molar-refractivity contribution is 0.612. The first-order chi connectivity index (χ1) is 8.74. The van der Waals surface area contributed by atoms with E-state index in [1.807, 2.05) is 0 Å². The van der Waals surface area contributed by atoms with Crippen LogP contribution in [0.5, 0.6) is 0 Å². The van der Waals surface area contributed by atoms with Crippen LogP contribution >= 0.6 is 0 Å². The molecule has 18 heavy (non-hydrogen) atoms. The molecule has 0 aliphatic heterocycles. The molecule has 0 amide bonds. The molecule has 0 saturated carbocycles. The van der Waals surface area contributed by atoms with Gasteiger partial charge in [-0.2, -0.15) is 0 Å². The number of nitrogens with zero attached hydrogens (tertiary/aromatic N) is 1. The quantitative estimate of drug-likeness (QED) is 0.735. The molecule has 90 valence electrons.